The maximum atomic E-state index is 13.1. The molecule has 0 spiro atoms. The molecule has 0 saturated heterocycles. The zero-order valence-corrected chi connectivity index (χ0v) is 18.6. The van der Waals surface area contributed by atoms with Gasteiger partial charge in [-0.2, -0.15) is 17.5 Å². The SMILES string of the molecule is Cn1c(C(F)(F)F)cc(=O)n(-c2ccc3nsc(C4(O)N=C(C(C)(C)C)NC4=O)c3c2)c1=O. The first-order valence-electron chi connectivity index (χ1n) is 9.59. The van der Waals surface area contributed by atoms with Crippen molar-refractivity contribution < 1.29 is 23.1 Å². The topological polar surface area (TPSA) is 119 Å². The zero-order chi connectivity index (χ0) is 24.5. The Morgan fingerprint density at radius 2 is 1.79 bits per heavy atom. The summed E-state index contributed by atoms with van der Waals surface area (Å²) in [5, 5.41) is 13.9. The number of amides is 1. The van der Waals surface area contributed by atoms with Crippen molar-refractivity contribution in [2.45, 2.75) is 32.7 Å². The number of hydrogen-bond acceptors (Lipinski definition) is 7. The maximum absolute atomic E-state index is 13.1. The number of nitrogens with one attached hydrogen (secondary N) is 1. The van der Waals surface area contributed by atoms with Gasteiger partial charge in [0.15, 0.2) is 0 Å². The lowest BCUT2D eigenvalue weighted by molar-refractivity contribution is -0.144. The minimum atomic E-state index is -4.89. The number of halogens is 3. The Hall–Kier alpha value is -3.32. The third-order valence-electron chi connectivity index (χ3n) is 5.18. The van der Waals surface area contributed by atoms with E-state index in [4.69, 9.17) is 0 Å². The Morgan fingerprint density at radius 1 is 1.12 bits per heavy atom. The molecule has 0 radical (unpaired) electrons. The van der Waals surface area contributed by atoms with Crippen LogP contribution in [0.2, 0.25) is 0 Å². The third kappa shape index (κ3) is 3.56. The van der Waals surface area contributed by atoms with Crippen LogP contribution in [0.4, 0.5) is 13.2 Å². The minimum Gasteiger partial charge on any atom is -0.357 e. The molecular formula is C20H18F3N5O4S. The summed E-state index contributed by atoms with van der Waals surface area (Å²) in [6, 6.07) is 4.40. The first-order chi connectivity index (χ1) is 15.1. The molecule has 0 bridgehead atoms. The summed E-state index contributed by atoms with van der Waals surface area (Å²) in [6.45, 7) is 5.40. The van der Waals surface area contributed by atoms with E-state index in [2.05, 4.69) is 14.7 Å². The number of rotatable bonds is 2. The largest absolute Gasteiger partial charge is 0.431 e. The normalized spacial score (nSPS) is 19.2. The molecule has 0 saturated carbocycles. The van der Waals surface area contributed by atoms with Gasteiger partial charge in [-0.25, -0.2) is 14.4 Å². The summed E-state index contributed by atoms with van der Waals surface area (Å²) in [4.78, 5) is 41.9. The van der Waals surface area contributed by atoms with Crippen molar-refractivity contribution in [1.82, 2.24) is 18.8 Å². The molecule has 1 aromatic carbocycles. The van der Waals surface area contributed by atoms with Crippen molar-refractivity contribution in [3.8, 4) is 5.69 Å². The second kappa shape index (κ2) is 7.09. The van der Waals surface area contributed by atoms with Gasteiger partial charge in [0, 0.05) is 23.9 Å². The van der Waals surface area contributed by atoms with E-state index < -0.39 is 40.2 Å². The predicted molar refractivity (Wildman–Crippen MR) is 114 cm³/mol. The van der Waals surface area contributed by atoms with Crippen molar-refractivity contribution in [2.75, 3.05) is 0 Å². The first kappa shape index (κ1) is 22.9. The average Bonchev–Trinajstić information content (AvgIpc) is 3.25. The van der Waals surface area contributed by atoms with Crippen molar-refractivity contribution in [1.29, 1.82) is 0 Å². The lowest BCUT2D eigenvalue weighted by Crippen LogP contribution is -2.40. The predicted octanol–water partition coefficient (Wildman–Crippen LogP) is 1.88. The van der Waals surface area contributed by atoms with Gasteiger partial charge in [-0.05, 0) is 29.7 Å². The van der Waals surface area contributed by atoms with Crippen molar-refractivity contribution >= 4 is 34.2 Å². The van der Waals surface area contributed by atoms with Gasteiger partial charge in [-0.1, -0.05) is 20.8 Å². The average molecular weight is 481 g/mol. The van der Waals surface area contributed by atoms with Gasteiger partial charge < -0.3 is 10.4 Å². The standard InChI is InChI=1S/C20H18F3N5O4S/c1-18(2,3)15-24-16(30)19(32,25-15)14-10-7-9(5-6-11(10)26-33-14)28-13(29)8-12(20(21,22)23)27(4)17(28)31/h5-8,32H,1-4H3,(H,24,25,30). The van der Waals surface area contributed by atoms with Gasteiger partial charge in [0.1, 0.15) is 11.5 Å². The van der Waals surface area contributed by atoms with Crippen LogP contribution in [0.15, 0.2) is 38.8 Å². The van der Waals surface area contributed by atoms with E-state index >= 15 is 0 Å². The second-order valence-electron chi connectivity index (χ2n) is 8.59. The van der Waals surface area contributed by atoms with Crippen LogP contribution < -0.4 is 16.6 Å². The van der Waals surface area contributed by atoms with Gasteiger partial charge in [0.2, 0.25) is 0 Å². The molecule has 4 rings (SSSR count). The van der Waals surface area contributed by atoms with E-state index in [1.807, 2.05) is 0 Å². The van der Waals surface area contributed by atoms with E-state index in [1.165, 1.54) is 18.2 Å². The number of hydrogen-bond donors (Lipinski definition) is 2. The molecule has 174 valence electrons. The molecule has 13 heteroatoms. The van der Waals surface area contributed by atoms with E-state index in [0.29, 0.717) is 20.7 Å². The Balaban J connectivity index is 1.92. The quantitative estimate of drug-likeness (QED) is 0.580. The van der Waals surface area contributed by atoms with Crippen molar-refractivity contribution in [2.24, 2.45) is 17.5 Å². The number of benzene rings is 1. The van der Waals surface area contributed by atoms with Crippen molar-refractivity contribution in [3.05, 3.63) is 55.7 Å². The van der Waals surface area contributed by atoms with Crippen LogP contribution in [0.1, 0.15) is 31.3 Å². The van der Waals surface area contributed by atoms with Crippen molar-refractivity contribution in [3.63, 3.8) is 0 Å². The molecule has 0 fully saturated rings. The summed E-state index contributed by atoms with van der Waals surface area (Å²) in [5.41, 5.74) is -6.32. The van der Waals surface area contributed by atoms with Crippen LogP contribution in [0.3, 0.4) is 0 Å². The number of aromatic nitrogens is 3. The molecule has 2 aromatic heterocycles. The lowest BCUT2D eigenvalue weighted by Gasteiger charge is -2.17. The highest BCUT2D eigenvalue weighted by Gasteiger charge is 2.48. The molecule has 1 amide bonds. The van der Waals surface area contributed by atoms with E-state index in [9.17, 15) is 32.7 Å². The molecular weight excluding hydrogens is 463 g/mol. The summed E-state index contributed by atoms with van der Waals surface area (Å²) in [7, 11) is 0.908. The van der Waals surface area contributed by atoms with Gasteiger partial charge in [0.05, 0.1) is 16.1 Å². The third-order valence-corrected chi connectivity index (χ3v) is 6.15. The van der Waals surface area contributed by atoms with E-state index in [1.54, 1.807) is 20.8 Å². The fourth-order valence-corrected chi connectivity index (χ4v) is 4.28. The van der Waals surface area contributed by atoms with E-state index in [0.717, 1.165) is 18.6 Å². The Labute approximate surface area is 188 Å². The second-order valence-corrected chi connectivity index (χ2v) is 9.37. The molecule has 0 aliphatic carbocycles. The Bertz CT molecular complexity index is 1460. The number of nitrogens with zero attached hydrogens (tertiary/aromatic N) is 4. The molecule has 1 aliphatic rings. The maximum Gasteiger partial charge on any atom is 0.431 e. The number of aliphatic hydroxyl groups is 1. The number of amidine groups is 1. The molecule has 1 unspecified atom stereocenters. The van der Waals surface area contributed by atoms with Crippen LogP contribution in [0.25, 0.3) is 16.6 Å². The highest BCUT2D eigenvalue weighted by molar-refractivity contribution is 7.07. The summed E-state index contributed by atoms with van der Waals surface area (Å²) < 4.78 is 44.5. The molecule has 1 aliphatic heterocycles. The summed E-state index contributed by atoms with van der Waals surface area (Å²) in [6.07, 6.45) is -4.89. The van der Waals surface area contributed by atoms with Gasteiger partial charge in [-0.3, -0.25) is 14.2 Å². The molecule has 3 aromatic rings. The van der Waals surface area contributed by atoms with Crippen LogP contribution >= 0.6 is 11.5 Å². The molecule has 33 heavy (non-hydrogen) atoms. The number of alkyl halides is 3. The Morgan fingerprint density at radius 3 is 2.36 bits per heavy atom. The summed E-state index contributed by atoms with van der Waals surface area (Å²) in [5.74, 6) is -0.522. The highest BCUT2D eigenvalue weighted by atomic mass is 32.1. The molecule has 2 N–H and O–H groups in total. The van der Waals surface area contributed by atoms with Crippen LogP contribution in [-0.4, -0.2) is 30.4 Å². The monoisotopic (exact) mass is 481 g/mol. The fraction of sp³-hybridized carbons (Fsp3) is 0.350. The van der Waals surface area contributed by atoms with Gasteiger partial charge in [-0.15, -0.1) is 0 Å². The molecule has 1 atom stereocenters. The van der Waals surface area contributed by atoms with Gasteiger partial charge >= 0.3 is 11.9 Å². The molecule has 3 heterocycles. The molecule has 9 nitrogen and oxygen atoms in total. The zero-order valence-electron chi connectivity index (χ0n) is 17.8. The highest BCUT2D eigenvalue weighted by Crippen LogP contribution is 2.38. The first-order valence-corrected chi connectivity index (χ1v) is 10.4. The lowest BCUT2D eigenvalue weighted by atomic mass is 9.95. The smallest absolute Gasteiger partial charge is 0.357 e. The van der Waals surface area contributed by atoms with Crippen LogP contribution in [-0.2, 0) is 23.7 Å². The van der Waals surface area contributed by atoms with Gasteiger partial charge in [0.25, 0.3) is 17.2 Å². The fourth-order valence-electron chi connectivity index (χ4n) is 3.40. The number of fused-ring (bicyclic) bond motifs is 1. The number of aliphatic imine (C=N–C) groups is 1. The number of carbonyl (C=O) groups excluding carboxylic acids is 1. The minimum absolute atomic E-state index is 0.0490. The Kier molecular flexibility index (Phi) is 4.91. The van der Waals surface area contributed by atoms with Crippen LogP contribution in [0.5, 0.6) is 0 Å². The number of carbonyl (C=O) groups is 1. The van der Waals surface area contributed by atoms with Crippen LogP contribution in [0, 0.1) is 5.41 Å². The van der Waals surface area contributed by atoms with E-state index in [-0.39, 0.29) is 21.8 Å². The summed E-state index contributed by atoms with van der Waals surface area (Å²) >= 11 is 0.809.